The molecule has 2 fully saturated rings. The highest BCUT2D eigenvalue weighted by Crippen LogP contribution is 2.37. The van der Waals surface area contributed by atoms with Gasteiger partial charge in [0.1, 0.15) is 12.1 Å². The molecule has 2 aliphatic rings. The Balaban J connectivity index is 2.05. The van der Waals surface area contributed by atoms with Gasteiger partial charge in [0, 0.05) is 6.54 Å². The summed E-state index contributed by atoms with van der Waals surface area (Å²) in [4.78, 5) is 26.6. The fourth-order valence-electron chi connectivity index (χ4n) is 2.94. The Morgan fingerprint density at radius 2 is 1.89 bits per heavy atom. The summed E-state index contributed by atoms with van der Waals surface area (Å²) in [5.74, 6) is 0.639. The first-order chi connectivity index (χ1) is 9.19. The normalized spacial score (nSPS) is 27.6. The summed E-state index contributed by atoms with van der Waals surface area (Å²) in [6, 6.07) is -0.466. The van der Waals surface area contributed by atoms with E-state index in [-0.39, 0.29) is 23.9 Å². The van der Waals surface area contributed by atoms with E-state index in [0.717, 1.165) is 51.5 Å². The molecule has 1 aliphatic carbocycles. The fraction of sp³-hybridized carbons (Fsp3) is 0.867. The second-order valence-electron chi connectivity index (χ2n) is 5.87. The molecule has 2 amide bonds. The summed E-state index contributed by atoms with van der Waals surface area (Å²) in [6.07, 6.45) is 7.14. The highest BCUT2D eigenvalue weighted by molar-refractivity contribution is 5.97. The van der Waals surface area contributed by atoms with Crippen LogP contribution in [0, 0.1) is 5.92 Å². The molecule has 0 aromatic rings. The molecule has 1 N–H and O–H groups in total. The van der Waals surface area contributed by atoms with E-state index in [1.165, 1.54) is 0 Å². The predicted octanol–water partition coefficient (Wildman–Crippen LogP) is 2.08. The molecular formula is C15H26N2O2. The topological polar surface area (TPSA) is 49.4 Å². The van der Waals surface area contributed by atoms with Gasteiger partial charge in [0.2, 0.25) is 11.8 Å². The molecule has 1 heterocycles. The summed E-state index contributed by atoms with van der Waals surface area (Å²) in [5, 5.41) is 2.93. The summed E-state index contributed by atoms with van der Waals surface area (Å²) < 4.78 is 0. The van der Waals surface area contributed by atoms with E-state index in [2.05, 4.69) is 12.2 Å². The second-order valence-corrected chi connectivity index (χ2v) is 5.87. The number of amides is 2. The van der Waals surface area contributed by atoms with Gasteiger partial charge >= 0.3 is 0 Å². The maximum absolute atomic E-state index is 12.5. The van der Waals surface area contributed by atoms with Gasteiger partial charge in [-0.15, -0.1) is 0 Å². The summed E-state index contributed by atoms with van der Waals surface area (Å²) in [6.45, 7) is 4.96. The number of unbranched alkanes of at least 4 members (excludes halogenated alkanes) is 2. The van der Waals surface area contributed by atoms with Crippen LogP contribution in [0.2, 0.25) is 0 Å². The van der Waals surface area contributed by atoms with Gasteiger partial charge in [0.25, 0.3) is 0 Å². The van der Waals surface area contributed by atoms with Crippen molar-refractivity contribution in [3.63, 3.8) is 0 Å². The van der Waals surface area contributed by atoms with Crippen LogP contribution in [0.1, 0.15) is 58.8 Å². The Labute approximate surface area is 115 Å². The Kier molecular flexibility index (Phi) is 4.83. The van der Waals surface area contributed by atoms with Crippen molar-refractivity contribution in [1.29, 1.82) is 0 Å². The van der Waals surface area contributed by atoms with Crippen LogP contribution in [0.5, 0.6) is 0 Å². The number of carbonyl (C=O) groups is 2. The van der Waals surface area contributed by atoms with Crippen LogP contribution in [0.3, 0.4) is 0 Å². The highest BCUT2D eigenvalue weighted by atomic mass is 16.2. The van der Waals surface area contributed by atoms with Crippen molar-refractivity contribution in [3.8, 4) is 0 Å². The number of nitrogens with zero attached hydrogens (tertiary/aromatic N) is 1. The molecule has 0 bridgehead atoms. The minimum absolute atomic E-state index is 0.0806. The molecule has 1 saturated carbocycles. The quantitative estimate of drug-likeness (QED) is 0.717. The number of hydrogen-bond acceptors (Lipinski definition) is 2. The number of rotatable bonds is 7. The van der Waals surface area contributed by atoms with Crippen molar-refractivity contribution >= 4 is 11.8 Å². The van der Waals surface area contributed by atoms with Crippen LogP contribution in [0.15, 0.2) is 0 Å². The van der Waals surface area contributed by atoms with Crippen molar-refractivity contribution in [1.82, 2.24) is 10.2 Å². The first kappa shape index (κ1) is 14.4. The van der Waals surface area contributed by atoms with Gasteiger partial charge in [-0.05, 0) is 31.6 Å². The molecule has 4 nitrogen and oxygen atoms in total. The zero-order valence-electron chi connectivity index (χ0n) is 12.2. The van der Waals surface area contributed by atoms with E-state index in [0.29, 0.717) is 5.92 Å². The zero-order chi connectivity index (χ0) is 13.8. The van der Waals surface area contributed by atoms with E-state index in [1.54, 1.807) is 0 Å². The average Bonchev–Trinajstić information content (AvgIpc) is 3.19. The van der Waals surface area contributed by atoms with Crippen molar-refractivity contribution in [2.45, 2.75) is 70.9 Å². The van der Waals surface area contributed by atoms with Crippen molar-refractivity contribution < 1.29 is 9.59 Å². The fourth-order valence-corrected chi connectivity index (χ4v) is 2.94. The summed E-state index contributed by atoms with van der Waals surface area (Å²) >= 11 is 0. The van der Waals surface area contributed by atoms with Gasteiger partial charge in [-0.2, -0.15) is 0 Å². The van der Waals surface area contributed by atoms with Crippen molar-refractivity contribution in [3.05, 3.63) is 0 Å². The SMILES string of the molecule is CCCCCN1C(=O)C(CCC)NC(=O)C1C1CC1. The number of nitrogens with one attached hydrogen (secondary N) is 1. The number of piperazine rings is 1. The lowest BCUT2D eigenvalue weighted by atomic mass is 10.00. The smallest absolute Gasteiger partial charge is 0.245 e. The summed E-state index contributed by atoms with van der Waals surface area (Å²) in [7, 11) is 0. The van der Waals surface area contributed by atoms with E-state index in [4.69, 9.17) is 0 Å². The Morgan fingerprint density at radius 3 is 2.47 bits per heavy atom. The molecule has 108 valence electrons. The Hall–Kier alpha value is -1.06. The van der Waals surface area contributed by atoms with Gasteiger partial charge in [-0.3, -0.25) is 9.59 Å². The third kappa shape index (κ3) is 3.28. The van der Waals surface area contributed by atoms with Crippen molar-refractivity contribution in [2.24, 2.45) is 5.92 Å². The molecule has 2 unspecified atom stereocenters. The molecule has 0 aromatic heterocycles. The highest BCUT2D eigenvalue weighted by Gasteiger charge is 2.47. The van der Waals surface area contributed by atoms with Gasteiger partial charge in [0.05, 0.1) is 0 Å². The standard InChI is InChI=1S/C15H26N2O2/c1-3-5-6-10-17-13(11-8-9-11)14(18)16-12(7-4-2)15(17)19/h11-13H,3-10H2,1-2H3,(H,16,18). The molecule has 0 aromatic carbocycles. The largest absolute Gasteiger partial charge is 0.342 e. The second kappa shape index (κ2) is 6.40. The van der Waals surface area contributed by atoms with Crippen LogP contribution in [-0.4, -0.2) is 35.3 Å². The average molecular weight is 266 g/mol. The molecule has 2 rings (SSSR count). The van der Waals surface area contributed by atoms with E-state index in [9.17, 15) is 9.59 Å². The minimum atomic E-state index is -0.283. The van der Waals surface area contributed by atoms with Crippen LogP contribution in [0.25, 0.3) is 0 Å². The third-order valence-corrected chi connectivity index (χ3v) is 4.15. The molecule has 0 spiro atoms. The lowest BCUT2D eigenvalue weighted by Gasteiger charge is -2.39. The van der Waals surface area contributed by atoms with Crippen LogP contribution in [0.4, 0.5) is 0 Å². The minimum Gasteiger partial charge on any atom is -0.342 e. The molecular weight excluding hydrogens is 240 g/mol. The molecule has 4 heteroatoms. The molecule has 1 saturated heterocycles. The van der Waals surface area contributed by atoms with Gasteiger partial charge in [-0.25, -0.2) is 0 Å². The maximum Gasteiger partial charge on any atom is 0.245 e. The third-order valence-electron chi connectivity index (χ3n) is 4.15. The van der Waals surface area contributed by atoms with E-state index in [1.807, 2.05) is 11.8 Å². The number of carbonyl (C=O) groups excluding carboxylic acids is 2. The summed E-state index contributed by atoms with van der Waals surface area (Å²) in [5.41, 5.74) is 0. The first-order valence-electron chi connectivity index (χ1n) is 7.79. The van der Waals surface area contributed by atoms with Crippen LogP contribution in [-0.2, 0) is 9.59 Å². The molecule has 2 atom stereocenters. The van der Waals surface area contributed by atoms with Crippen LogP contribution >= 0.6 is 0 Å². The molecule has 1 aliphatic heterocycles. The zero-order valence-corrected chi connectivity index (χ0v) is 12.2. The van der Waals surface area contributed by atoms with E-state index < -0.39 is 0 Å². The monoisotopic (exact) mass is 266 g/mol. The lowest BCUT2D eigenvalue weighted by molar-refractivity contribution is -0.150. The molecule has 0 radical (unpaired) electrons. The maximum atomic E-state index is 12.5. The first-order valence-corrected chi connectivity index (χ1v) is 7.79. The predicted molar refractivity (Wildman–Crippen MR) is 74.6 cm³/mol. The Bertz CT molecular complexity index is 339. The van der Waals surface area contributed by atoms with Crippen LogP contribution < -0.4 is 5.32 Å². The van der Waals surface area contributed by atoms with Gasteiger partial charge in [0.15, 0.2) is 0 Å². The van der Waals surface area contributed by atoms with E-state index >= 15 is 0 Å². The molecule has 19 heavy (non-hydrogen) atoms. The lowest BCUT2D eigenvalue weighted by Crippen LogP contribution is -2.64. The number of hydrogen-bond donors (Lipinski definition) is 1. The Morgan fingerprint density at radius 1 is 1.16 bits per heavy atom. The van der Waals surface area contributed by atoms with Gasteiger partial charge in [-0.1, -0.05) is 33.1 Å². The van der Waals surface area contributed by atoms with Gasteiger partial charge < -0.3 is 10.2 Å². The van der Waals surface area contributed by atoms with Crippen molar-refractivity contribution in [2.75, 3.05) is 6.54 Å².